The average molecular weight is 284 g/mol. The van der Waals surface area contributed by atoms with Crippen LogP contribution in [-0.2, 0) is 6.42 Å². The fourth-order valence-corrected chi connectivity index (χ4v) is 2.87. The summed E-state index contributed by atoms with van der Waals surface area (Å²) in [4.78, 5) is 1.22. The normalized spacial score (nSPS) is 12.6. The highest BCUT2D eigenvalue weighted by Crippen LogP contribution is 2.26. The van der Waals surface area contributed by atoms with Gasteiger partial charge in [-0.25, -0.2) is 4.39 Å². The van der Waals surface area contributed by atoms with Gasteiger partial charge >= 0.3 is 0 Å². The molecule has 0 saturated carbocycles. The number of nitrogens with one attached hydrogen (secondary N) is 1. The molecule has 2 rings (SSSR count). The van der Waals surface area contributed by atoms with Crippen LogP contribution in [0.25, 0.3) is 0 Å². The van der Waals surface area contributed by atoms with E-state index in [1.165, 1.54) is 10.9 Å². The monoisotopic (exact) mass is 283 g/mol. The Bertz CT molecular complexity index is 512. The molecule has 1 aromatic carbocycles. The van der Waals surface area contributed by atoms with E-state index in [1.807, 2.05) is 18.2 Å². The summed E-state index contributed by atoms with van der Waals surface area (Å²) < 4.78 is 13.8. The average Bonchev–Trinajstić information content (AvgIpc) is 2.76. The molecule has 4 heteroatoms. The Labute approximate surface area is 116 Å². The zero-order valence-electron chi connectivity index (χ0n) is 10.1. The van der Waals surface area contributed by atoms with Crippen molar-refractivity contribution in [3.8, 4) is 0 Å². The number of hydrogen-bond donors (Lipinski definition) is 1. The molecule has 1 unspecified atom stereocenters. The maximum absolute atomic E-state index is 13.0. The molecule has 0 spiro atoms. The molecule has 0 bridgehead atoms. The highest BCUT2D eigenvalue weighted by atomic mass is 35.5. The van der Waals surface area contributed by atoms with Gasteiger partial charge in [-0.05, 0) is 49.7 Å². The molecule has 0 radical (unpaired) electrons. The summed E-state index contributed by atoms with van der Waals surface area (Å²) in [5.74, 6) is -0.175. The molecule has 96 valence electrons. The summed E-state index contributed by atoms with van der Waals surface area (Å²) in [5.41, 5.74) is 1.01. The Morgan fingerprint density at radius 1 is 1.33 bits per heavy atom. The third-order valence-electron chi connectivity index (χ3n) is 2.77. The van der Waals surface area contributed by atoms with E-state index in [9.17, 15) is 4.39 Å². The summed E-state index contributed by atoms with van der Waals surface area (Å²) in [6.07, 6.45) is 0.821. The van der Waals surface area contributed by atoms with Crippen molar-refractivity contribution in [2.24, 2.45) is 0 Å². The Kier molecular flexibility index (Phi) is 4.75. The SMILES string of the molecule is CC(NCCc1cccc(F)c1)c1ccc(Cl)s1. The van der Waals surface area contributed by atoms with Crippen LogP contribution in [0.1, 0.15) is 23.4 Å². The Balaban J connectivity index is 1.82. The molecular formula is C14H15ClFNS. The first kappa shape index (κ1) is 13.5. The van der Waals surface area contributed by atoms with Crippen LogP contribution in [0.5, 0.6) is 0 Å². The van der Waals surface area contributed by atoms with Gasteiger partial charge in [0.15, 0.2) is 0 Å². The Morgan fingerprint density at radius 2 is 2.17 bits per heavy atom. The molecule has 0 aliphatic heterocycles. The van der Waals surface area contributed by atoms with Crippen molar-refractivity contribution in [1.82, 2.24) is 5.32 Å². The van der Waals surface area contributed by atoms with Crippen LogP contribution < -0.4 is 5.32 Å². The molecule has 1 N–H and O–H groups in total. The summed E-state index contributed by atoms with van der Waals surface area (Å²) in [6, 6.07) is 10.9. The first-order valence-corrected chi connectivity index (χ1v) is 7.07. The lowest BCUT2D eigenvalue weighted by Crippen LogP contribution is -2.20. The van der Waals surface area contributed by atoms with Gasteiger partial charge in [0.2, 0.25) is 0 Å². The zero-order valence-corrected chi connectivity index (χ0v) is 11.7. The predicted octanol–water partition coefficient (Wildman–Crippen LogP) is 4.43. The molecule has 1 nitrogen and oxygen atoms in total. The van der Waals surface area contributed by atoms with Crippen molar-refractivity contribution in [3.05, 3.63) is 57.0 Å². The van der Waals surface area contributed by atoms with E-state index >= 15 is 0 Å². The second-order valence-corrected chi connectivity index (χ2v) is 5.94. The molecule has 1 atom stereocenters. The van der Waals surface area contributed by atoms with Gasteiger partial charge in [0, 0.05) is 10.9 Å². The fraction of sp³-hybridized carbons (Fsp3) is 0.286. The molecule has 1 aromatic heterocycles. The minimum absolute atomic E-state index is 0.175. The summed E-state index contributed by atoms with van der Waals surface area (Å²) >= 11 is 7.49. The lowest BCUT2D eigenvalue weighted by atomic mass is 10.1. The van der Waals surface area contributed by atoms with Gasteiger partial charge in [0.1, 0.15) is 5.82 Å². The molecule has 18 heavy (non-hydrogen) atoms. The largest absolute Gasteiger partial charge is 0.309 e. The summed E-state index contributed by atoms with van der Waals surface area (Å²) in [5, 5.41) is 3.41. The molecule has 0 saturated heterocycles. The smallest absolute Gasteiger partial charge is 0.123 e. The van der Waals surface area contributed by atoms with Crippen LogP contribution in [0.2, 0.25) is 4.34 Å². The van der Waals surface area contributed by atoms with E-state index in [0.717, 1.165) is 22.9 Å². The van der Waals surface area contributed by atoms with Crippen molar-refractivity contribution < 1.29 is 4.39 Å². The minimum atomic E-state index is -0.175. The Hall–Kier alpha value is -0.900. The number of benzene rings is 1. The van der Waals surface area contributed by atoms with Gasteiger partial charge in [-0.15, -0.1) is 11.3 Å². The van der Waals surface area contributed by atoms with Gasteiger partial charge in [-0.2, -0.15) is 0 Å². The third kappa shape index (κ3) is 3.80. The van der Waals surface area contributed by atoms with Gasteiger partial charge in [0.05, 0.1) is 4.34 Å². The molecule has 0 aliphatic carbocycles. The van der Waals surface area contributed by atoms with E-state index in [1.54, 1.807) is 23.5 Å². The lowest BCUT2D eigenvalue weighted by molar-refractivity contribution is 0.581. The van der Waals surface area contributed by atoms with Gasteiger partial charge in [0.25, 0.3) is 0 Å². The van der Waals surface area contributed by atoms with Crippen LogP contribution in [0.3, 0.4) is 0 Å². The van der Waals surface area contributed by atoms with Crippen molar-refractivity contribution in [3.63, 3.8) is 0 Å². The van der Waals surface area contributed by atoms with Crippen molar-refractivity contribution in [1.29, 1.82) is 0 Å². The zero-order chi connectivity index (χ0) is 13.0. The minimum Gasteiger partial charge on any atom is -0.309 e. The maximum atomic E-state index is 13.0. The van der Waals surface area contributed by atoms with Crippen molar-refractivity contribution in [2.45, 2.75) is 19.4 Å². The maximum Gasteiger partial charge on any atom is 0.123 e. The van der Waals surface area contributed by atoms with Crippen LogP contribution in [0.4, 0.5) is 4.39 Å². The van der Waals surface area contributed by atoms with Crippen molar-refractivity contribution in [2.75, 3.05) is 6.54 Å². The number of rotatable bonds is 5. The third-order valence-corrected chi connectivity index (χ3v) is 4.19. The van der Waals surface area contributed by atoms with Gasteiger partial charge in [-0.1, -0.05) is 23.7 Å². The summed E-state index contributed by atoms with van der Waals surface area (Å²) in [7, 11) is 0. The van der Waals surface area contributed by atoms with Crippen LogP contribution >= 0.6 is 22.9 Å². The van der Waals surface area contributed by atoms with E-state index in [0.29, 0.717) is 0 Å². The second-order valence-electron chi connectivity index (χ2n) is 4.20. The standard InChI is InChI=1S/C14H15ClFNS/c1-10(13-5-6-14(15)18-13)17-8-7-11-3-2-4-12(16)9-11/h2-6,9-10,17H,7-8H2,1H3. The predicted molar refractivity (Wildman–Crippen MR) is 75.9 cm³/mol. The van der Waals surface area contributed by atoms with E-state index < -0.39 is 0 Å². The highest BCUT2D eigenvalue weighted by molar-refractivity contribution is 7.16. The molecule has 1 heterocycles. The van der Waals surface area contributed by atoms with E-state index in [4.69, 9.17) is 11.6 Å². The molecular weight excluding hydrogens is 269 g/mol. The van der Waals surface area contributed by atoms with Gasteiger partial charge in [-0.3, -0.25) is 0 Å². The van der Waals surface area contributed by atoms with Gasteiger partial charge < -0.3 is 5.32 Å². The summed E-state index contributed by atoms with van der Waals surface area (Å²) in [6.45, 7) is 2.92. The molecule has 0 amide bonds. The molecule has 2 aromatic rings. The van der Waals surface area contributed by atoms with Crippen LogP contribution in [0, 0.1) is 5.82 Å². The number of thiophene rings is 1. The topological polar surface area (TPSA) is 12.0 Å². The Morgan fingerprint density at radius 3 is 2.83 bits per heavy atom. The van der Waals surface area contributed by atoms with Crippen molar-refractivity contribution >= 4 is 22.9 Å². The quantitative estimate of drug-likeness (QED) is 0.856. The lowest BCUT2D eigenvalue weighted by Gasteiger charge is -2.11. The first-order chi connectivity index (χ1) is 8.65. The highest BCUT2D eigenvalue weighted by Gasteiger charge is 2.07. The first-order valence-electron chi connectivity index (χ1n) is 5.88. The second kappa shape index (κ2) is 6.32. The molecule has 0 fully saturated rings. The van der Waals surface area contributed by atoms with Crippen LogP contribution in [0.15, 0.2) is 36.4 Å². The molecule has 0 aliphatic rings. The number of halogens is 2. The van der Waals surface area contributed by atoms with E-state index in [2.05, 4.69) is 12.2 Å². The fourth-order valence-electron chi connectivity index (χ4n) is 1.79. The number of hydrogen-bond acceptors (Lipinski definition) is 2. The van der Waals surface area contributed by atoms with E-state index in [-0.39, 0.29) is 11.9 Å². The van der Waals surface area contributed by atoms with Crippen LogP contribution in [-0.4, -0.2) is 6.54 Å².